The van der Waals surface area contributed by atoms with Crippen LogP contribution in [0.5, 0.6) is 0 Å². The second kappa shape index (κ2) is 8.34. The molecule has 28 heavy (non-hydrogen) atoms. The molecule has 0 aromatic carbocycles. The van der Waals surface area contributed by atoms with Crippen LogP contribution in [0.1, 0.15) is 54.1 Å². The number of thioether (sulfide) groups is 1. The van der Waals surface area contributed by atoms with E-state index in [-0.39, 0.29) is 10.8 Å². The topological polar surface area (TPSA) is 83.0 Å². The maximum Gasteiger partial charge on any atom is 0.263 e. The summed E-state index contributed by atoms with van der Waals surface area (Å²) in [6, 6.07) is 0. The molecule has 0 spiro atoms. The number of aryl methyl sites for hydroxylation is 3. The molecule has 3 heterocycles. The van der Waals surface area contributed by atoms with Crippen molar-refractivity contribution in [3.05, 3.63) is 32.5 Å². The van der Waals surface area contributed by atoms with Gasteiger partial charge in [0.25, 0.3) is 5.56 Å². The number of thiophene rings is 1. The van der Waals surface area contributed by atoms with Crippen molar-refractivity contribution in [2.45, 2.75) is 62.9 Å². The lowest BCUT2D eigenvalue weighted by molar-refractivity contribution is 0.183. The number of methoxy groups -OCH3 is 1. The quantitative estimate of drug-likeness (QED) is 0.405. The Kier molecular flexibility index (Phi) is 5.84. The van der Waals surface area contributed by atoms with Crippen LogP contribution in [0.2, 0.25) is 0 Å². The standard InChI is InChI=1S/C19H24N4O3S2/c1-4-6-14-20-16(26-22-14)11(2)27-19-21-17-15(12-7-5-8-13(12)28-17)18(24)23(19)9-10-25-3/h11H,4-10H2,1-3H3/t11-/m1/s1. The van der Waals surface area contributed by atoms with E-state index in [2.05, 4.69) is 17.1 Å². The molecule has 150 valence electrons. The first kappa shape index (κ1) is 19.6. The third-order valence-corrected chi connectivity index (χ3v) is 7.16. The van der Waals surface area contributed by atoms with Gasteiger partial charge in [-0.2, -0.15) is 4.98 Å². The summed E-state index contributed by atoms with van der Waals surface area (Å²) in [5.41, 5.74) is 1.24. The van der Waals surface area contributed by atoms with Crippen molar-refractivity contribution in [3.8, 4) is 0 Å². The van der Waals surface area contributed by atoms with E-state index >= 15 is 0 Å². The molecule has 4 rings (SSSR count). The zero-order valence-electron chi connectivity index (χ0n) is 16.4. The monoisotopic (exact) mass is 420 g/mol. The van der Waals surface area contributed by atoms with Gasteiger partial charge in [-0.15, -0.1) is 11.3 Å². The molecule has 7 nitrogen and oxygen atoms in total. The van der Waals surface area contributed by atoms with Gasteiger partial charge in [-0.25, -0.2) is 4.98 Å². The van der Waals surface area contributed by atoms with E-state index < -0.39 is 0 Å². The summed E-state index contributed by atoms with van der Waals surface area (Å²) in [7, 11) is 1.64. The van der Waals surface area contributed by atoms with Gasteiger partial charge in [0, 0.05) is 18.4 Å². The van der Waals surface area contributed by atoms with E-state index in [1.807, 2.05) is 6.92 Å². The van der Waals surface area contributed by atoms with E-state index in [0.29, 0.717) is 24.2 Å². The van der Waals surface area contributed by atoms with E-state index in [9.17, 15) is 4.79 Å². The maximum absolute atomic E-state index is 13.3. The van der Waals surface area contributed by atoms with E-state index in [1.165, 1.54) is 22.2 Å². The molecule has 0 N–H and O–H groups in total. The lowest BCUT2D eigenvalue weighted by Gasteiger charge is -2.13. The minimum atomic E-state index is -0.0944. The molecule has 3 aromatic rings. The summed E-state index contributed by atoms with van der Waals surface area (Å²) in [6.45, 7) is 5.02. The number of nitrogens with zero attached hydrogens (tertiary/aromatic N) is 4. The van der Waals surface area contributed by atoms with Crippen molar-refractivity contribution >= 4 is 33.3 Å². The Morgan fingerprint density at radius 2 is 2.21 bits per heavy atom. The highest BCUT2D eigenvalue weighted by molar-refractivity contribution is 7.99. The first-order valence-corrected chi connectivity index (χ1v) is 11.3. The van der Waals surface area contributed by atoms with Crippen LogP contribution in [0.4, 0.5) is 0 Å². The molecule has 0 saturated carbocycles. The molecule has 1 aliphatic rings. The Morgan fingerprint density at radius 3 is 3.00 bits per heavy atom. The molecular weight excluding hydrogens is 396 g/mol. The van der Waals surface area contributed by atoms with Crippen LogP contribution in [0.15, 0.2) is 14.5 Å². The Balaban J connectivity index is 1.71. The summed E-state index contributed by atoms with van der Waals surface area (Å²) in [6.07, 6.45) is 4.92. The Bertz CT molecular complexity index is 1040. The van der Waals surface area contributed by atoms with Crippen molar-refractivity contribution in [3.63, 3.8) is 0 Å². The molecule has 3 aromatic heterocycles. The fourth-order valence-electron chi connectivity index (χ4n) is 3.49. The summed E-state index contributed by atoms with van der Waals surface area (Å²) in [4.78, 5) is 24.8. The van der Waals surface area contributed by atoms with Crippen molar-refractivity contribution < 1.29 is 9.26 Å². The van der Waals surface area contributed by atoms with Crippen LogP contribution in [-0.4, -0.2) is 33.4 Å². The van der Waals surface area contributed by atoms with Crippen LogP contribution in [-0.2, 0) is 30.5 Å². The van der Waals surface area contributed by atoms with Gasteiger partial charge in [-0.3, -0.25) is 9.36 Å². The summed E-state index contributed by atoms with van der Waals surface area (Å²) in [5.74, 6) is 1.29. The third kappa shape index (κ3) is 3.62. The van der Waals surface area contributed by atoms with Gasteiger partial charge in [-0.1, -0.05) is 23.8 Å². The van der Waals surface area contributed by atoms with E-state index in [4.69, 9.17) is 14.2 Å². The van der Waals surface area contributed by atoms with Crippen LogP contribution < -0.4 is 5.56 Å². The summed E-state index contributed by atoms with van der Waals surface area (Å²) >= 11 is 3.14. The van der Waals surface area contributed by atoms with Gasteiger partial charge < -0.3 is 9.26 Å². The Labute approximate surface area is 171 Å². The van der Waals surface area contributed by atoms with Crippen molar-refractivity contribution in [2.75, 3.05) is 13.7 Å². The highest BCUT2D eigenvalue weighted by atomic mass is 32.2. The zero-order chi connectivity index (χ0) is 19.7. The van der Waals surface area contributed by atoms with Gasteiger partial charge in [0.05, 0.1) is 23.8 Å². The highest BCUT2D eigenvalue weighted by Gasteiger charge is 2.25. The number of ether oxygens (including phenoxy) is 1. The highest BCUT2D eigenvalue weighted by Crippen LogP contribution is 2.38. The molecule has 0 radical (unpaired) electrons. The molecule has 1 atom stereocenters. The van der Waals surface area contributed by atoms with Gasteiger partial charge >= 0.3 is 0 Å². The van der Waals surface area contributed by atoms with Gasteiger partial charge in [0.15, 0.2) is 11.0 Å². The Hall–Kier alpha value is -1.71. The smallest absolute Gasteiger partial charge is 0.263 e. The van der Waals surface area contributed by atoms with E-state index in [1.54, 1.807) is 23.0 Å². The Morgan fingerprint density at radius 1 is 1.36 bits per heavy atom. The van der Waals surface area contributed by atoms with Crippen molar-refractivity contribution in [2.24, 2.45) is 0 Å². The minimum Gasteiger partial charge on any atom is -0.383 e. The number of aromatic nitrogens is 4. The van der Waals surface area contributed by atoms with Crippen LogP contribution >= 0.6 is 23.1 Å². The molecular formula is C19H24N4O3S2. The molecule has 0 unspecified atom stereocenters. The normalized spacial score (nSPS) is 14.7. The number of fused-ring (bicyclic) bond motifs is 3. The lowest BCUT2D eigenvalue weighted by atomic mass is 10.2. The molecule has 0 bridgehead atoms. The fourth-order valence-corrected chi connectivity index (χ4v) is 5.76. The molecule has 0 saturated heterocycles. The average molecular weight is 421 g/mol. The summed E-state index contributed by atoms with van der Waals surface area (Å²) < 4.78 is 12.4. The minimum absolute atomic E-state index is 0.0355. The second-order valence-corrected chi connectivity index (χ2v) is 9.33. The molecule has 0 fully saturated rings. The zero-order valence-corrected chi connectivity index (χ0v) is 18.0. The number of hydrogen-bond acceptors (Lipinski definition) is 8. The van der Waals surface area contributed by atoms with Gasteiger partial charge in [0.2, 0.25) is 5.89 Å². The van der Waals surface area contributed by atoms with E-state index in [0.717, 1.165) is 48.1 Å². The second-order valence-electron chi connectivity index (χ2n) is 6.94. The van der Waals surface area contributed by atoms with Crippen molar-refractivity contribution in [1.82, 2.24) is 19.7 Å². The van der Waals surface area contributed by atoms with Crippen LogP contribution in [0, 0.1) is 0 Å². The van der Waals surface area contributed by atoms with Crippen molar-refractivity contribution in [1.29, 1.82) is 0 Å². The predicted octanol–water partition coefficient (Wildman–Crippen LogP) is 3.78. The molecule has 0 amide bonds. The molecule has 0 aliphatic heterocycles. The van der Waals surface area contributed by atoms with Crippen LogP contribution in [0.25, 0.3) is 10.2 Å². The molecule has 1 aliphatic carbocycles. The first-order chi connectivity index (χ1) is 13.6. The first-order valence-electron chi connectivity index (χ1n) is 9.65. The average Bonchev–Trinajstić information content (AvgIpc) is 3.37. The number of rotatable bonds is 8. The largest absolute Gasteiger partial charge is 0.383 e. The fraction of sp³-hybridized carbons (Fsp3) is 0.579. The SMILES string of the molecule is CCCc1noc([C@@H](C)Sc2nc3sc4c(c3c(=O)n2CCOC)CCC4)n1. The lowest BCUT2D eigenvalue weighted by Crippen LogP contribution is -2.25. The maximum atomic E-state index is 13.3. The van der Waals surface area contributed by atoms with Gasteiger partial charge in [-0.05, 0) is 38.2 Å². The van der Waals surface area contributed by atoms with Gasteiger partial charge in [0.1, 0.15) is 4.83 Å². The van der Waals surface area contributed by atoms with Crippen LogP contribution in [0.3, 0.4) is 0 Å². The molecule has 9 heteroatoms. The number of hydrogen-bond donors (Lipinski definition) is 0. The predicted molar refractivity (Wildman–Crippen MR) is 110 cm³/mol. The summed E-state index contributed by atoms with van der Waals surface area (Å²) in [5, 5.41) is 5.42. The third-order valence-electron chi connectivity index (χ3n) is 4.90.